The topological polar surface area (TPSA) is 124 Å². The lowest BCUT2D eigenvalue weighted by Gasteiger charge is -2.29. The number of aromatic nitrogens is 2. The number of nitrogens with one attached hydrogen (secondary N) is 1. The molecule has 30 heavy (non-hydrogen) atoms. The van der Waals surface area contributed by atoms with Gasteiger partial charge in [0.05, 0.1) is 33.7 Å². The van der Waals surface area contributed by atoms with Crippen LogP contribution in [0.15, 0.2) is 24.3 Å². The van der Waals surface area contributed by atoms with Crippen LogP contribution in [0, 0.1) is 0 Å². The summed E-state index contributed by atoms with van der Waals surface area (Å²) in [5, 5.41) is 3.34. The number of rotatable bonds is 10. The predicted molar refractivity (Wildman–Crippen MR) is 120 cm³/mol. The van der Waals surface area contributed by atoms with E-state index in [2.05, 4.69) is 29.4 Å². The number of carbonyl (C=O) groups excluding carboxylic acids is 2. The highest BCUT2D eigenvalue weighted by Gasteiger charge is 2.19. The molecule has 0 atom stereocenters. The van der Waals surface area contributed by atoms with E-state index in [4.69, 9.17) is 34.7 Å². The van der Waals surface area contributed by atoms with E-state index in [9.17, 15) is 9.59 Å². The highest BCUT2D eigenvalue weighted by atomic mass is 35.5. The van der Waals surface area contributed by atoms with Gasteiger partial charge in [0.2, 0.25) is 0 Å². The fraction of sp³-hybridized carbons (Fsp3) is 0.400. The lowest BCUT2D eigenvalue weighted by Crippen LogP contribution is -2.46. The molecule has 1 aromatic carbocycles. The highest BCUT2D eigenvalue weighted by molar-refractivity contribution is 6.31. The zero-order valence-corrected chi connectivity index (χ0v) is 18.6. The first kappa shape index (κ1) is 23.9. The van der Waals surface area contributed by atoms with E-state index in [1.54, 1.807) is 24.3 Å². The molecule has 0 spiro atoms. The SMILES string of the molecule is C[N+](C)(CCCCC(=O)c1ccc(Cl)cc1)CCNC(=O)c1nc(Cl)c(N)nc1N. The first-order valence-electron chi connectivity index (χ1n) is 9.56. The van der Waals surface area contributed by atoms with Crippen LogP contribution in [0.3, 0.4) is 0 Å². The molecular weight excluding hydrogens is 427 g/mol. The second-order valence-electron chi connectivity index (χ2n) is 7.66. The molecule has 0 saturated carbocycles. The summed E-state index contributed by atoms with van der Waals surface area (Å²) >= 11 is 11.7. The second kappa shape index (κ2) is 10.6. The number of benzene rings is 1. The number of nitrogen functional groups attached to an aromatic ring is 2. The van der Waals surface area contributed by atoms with Crippen molar-refractivity contribution in [1.29, 1.82) is 0 Å². The summed E-state index contributed by atoms with van der Waals surface area (Å²) in [6.45, 7) is 2.00. The van der Waals surface area contributed by atoms with Gasteiger partial charge in [-0.1, -0.05) is 23.2 Å². The molecule has 0 bridgehead atoms. The summed E-state index contributed by atoms with van der Waals surface area (Å²) in [6.07, 6.45) is 2.19. The van der Waals surface area contributed by atoms with Crippen molar-refractivity contribution in [3.05, 3.63) is 45.7 Å². The van der Waals surface area contributed by atoms with Crippen molar-refractivity contribution in [3.63, 3.8) is 0 Å². The zero-order chi connectivity index (χ0) is 22.3. The predicted octanol–water partition coefficient (Wildman–Crippen LogP) is 2.81. The maximum absolute atomic E-state index is 12.3. The monoisotopic (exact) mass is 453 g/mol. The van der Waals surface area contributed by atoms with Gasteiger partial charge in [0.25, 0.3) is 5.91 Å². The molecule has 1 amide bonds. The summed E-state index contributed by atoms with van der Waals surface area (Å²) in [5.74, 6) is -0.410. The lowest BCUT2D eigenvalue weighted by molar-refractivity contribution is -0.889. The third kappa shape index (κ3) is 7.12. The Morgan fingerprint density at radius 1 is 1.00 bits per heavy atom. The number of nitrogens with two attached hydrogens (primary N) is 2. The summed E-state index contributed by atoms with van der Waals surface area (Å²) < 4.78 is 0.694. The molecule has 0 aliphatic carbocycles. The van der Waals surface area contributed by atoms with Crippen LogP contribution >= 0.6 is 23.2 Å². The number of quaternary nitrogens is 1. The Morgan fingerprint density at radius 2 is 1.67 bits per heavy atom. The smallest absolute Gasteiger partial charge is 0.273 e. The Kier molecular flexibility index (Phi) is 8.40. The van der Waals surface area contributed by atoms with Crippen LogP contribution in [0.5, 0.6) is 0 Å². The number of Topliss-reactive ketones (excluding diaryl/α,β-unsaturated/α-hetero) is 1. The Morgan fingerprint density at radius 3 is 2.33 bits per heavy atom. The Bertz CT molecular complexity index is 903. The molecule has 0 fully saturated rings. The number of anilines is 2. The minimum Gasteiger partial charge on any atom is -0.382 e. The standard InChI is InChI=1S/C20H26Cl2N6O2/c1-28(2,11-4-3-5-15(29)13-6-8-14(21)9-7-13)12-10-25-20(30)16-18(23)27-19(24)17(22)26-16/h6-9H,3-5,10-12H2,1-2H3,(H4-,23,24,25,27,30)/p+1. The Labute approximate surface area is 186 Å². The van der Waals surface area contributed by atoms with Crippen molar-refractivity contribution in [1.82, 2.24) is 15.3 Å². The normalized spacial score (nSPS) is 11.3. The first-order valence-corrected chi connectivity index (χ1v) is 10.3. The molecule has 0 aliphatic rings. The zero-order valence-electron chi connectivity index (χ0n) is 17.1. The average Bonchev–Trinajstić information content (AvgIpc) is 2.68. The van der Waals surface area contributed by atoms with Gasteiger partial charge in [-0.25, -0.2) is 9.97 Å². The third-order valence-corrected chi connectivity index (χ3v) is 5.24. The molecule has 162 valence electrons. The number of ketones is 1. The maximum Gasteiger partial charge on any atom is 0.273 e. The molecule has 1 heterocycles. The maximum atomic E-state index is 12.3. The number of likely N-dealkylation sites (N-methyl/N-ethyl adjacent to an activating group) is 1. The van der Waals surface area contributed by atoms with Gasteiger partial charge in [-0.2, -0.15) is 0 Å². The van der Waals surface area contributed by atoms with Gasteiger partial charge >= 0.3 is 0 Å². The third-order valence-electron chi connectivity index (χ3n) is 4.71. The van der Waals surface area contributed by atoms with E-state index in [0.29, 0.717) is 34.6 Å². The van der Waals surface area contributed by atoms with Crippen LogP contribution in [0.4, 0.5) is 11.6 Å². The summed E-state index contributed by atoms with van der Waals surface area (Å²) in [4.78, 5) is 32.2. The van der Waals surface area contributed by atoms with Crippen LogP contribution < -0.4 is 16.8 Å². The van der Waals surface area contributed by atoms with Gasteiger partial charge in [0, 0.05) is 17.0 Å². The number of hydrogen-bond donors (Lipinski definition) is 3. The molecule has 2 aromatic rings. The van der Waals surface area contributed by atoms with Crippen LogP contribution in [-0.2, 0) is 0 Å². The second-order valence-corrected chi connectivity index (χ2v) is 8.45. The van der Waals surface area contributed by atoms with Gasteiger partial charge in [-0.05, 0) is 37.1 Å². The summed E-state index contributed by atoms with van der Waals surface area (Å²) in [5.41, 5.74) is 11.8. The fourth-order valence-corrected chi connectivity index (χ4v) is 3.13. The largest absolute Gasteiger partial charge is 0.382 e. The van der Waals surface area contributed by atoms with Crippen LogP contribution in [0.1, 0.15) is 40.1 Å². The molecule has 0 unspecified atom stereocenters. The number of unbranched alkanes of at least 4 members (excludes halogenated alkanes) is 1. The van der Waals surface area contributed by atoms with Crippen LogP contribution in [0.25, 0.3) is 0 Å². The number of hydrogen-bond acceptors (Lipinski definition) is 6. The van der Waals surface area contributed by atoms with Gasteiger partial charge in [-0.3, -0.25) is 9.59 Å². The first-order chi connectivity index (χ1) is 14.1. The Hall–Kier alpha value is -2.42. The van der Waals surface area contributed by atoms with Crippen molar-refractivity contribution < 1.29 is 14.1 Å². The minimum atomic E-state index is -0.449. The van der Waals surface area contributed by atoms with E-state index in [1.807, 2.05) is 0 Å². The highest BCUT2D eigenvalue weighted by Crippen LogP contribution is 2.17. The molecule has 5 N–H and O–H groups in total. The summed E-state index contributed by atoms with van der Waals surface area (Å²) in [7, 11) is 4.14. The molecule has 1 aromatic heterocycles. The van der Waals surface area contributed by atoms with Gasteiger partial charge < -0.3 is 21.3 Å². The van der Waals surface area contributed by atoms with E-state index in [0.717, 1.165) is 19.4 Å². The molecule has 8 nitrogen and oxygen atoms in total. The van der Waals surface area contributed by atoms with Gasteiger partial charge in [-0.15, -0.1) is 0 Å². The minimum absolute atomic E-state index is 0.0157. The van der Waals surface area contributed by atoms with Gasteiger partial charge in [0.1, 0.15) is 0 Å². The summed E-state index contributed by atoms with van der Waals surface area (Å²) in [6, 6.07) is 6.94. The van der Waals surface area contributed by atoms with Crippen molar-refractivity contribution >= 4 is 46.5 Å². The molecule has 0 radical (unpaired) electrons. The number of carbonyl (C=O) groups is 2. The molecule has 10 heteroatoms. The van der Waals surface area contributed by atoms with E-state index in [1.165, 1.54) is 0 Å². The average molecular weight is 454 g/mol. The molecule has 2 rings (SSSR count). The van der Waals surface area contributed by atoms with Crippen molar-refractivity contribution in [2.45, 2.75) is 19.3 Å². The van der Waals surface area contributed by atoms with E-state index >= 15 is 0 Å². The number of nitrogens with zero attached hydrogens (tertiary/aromatic N) is 3. The number of halogens is 2. The van der Waals surface area contributed by atoms with Crippen molar-refractivity contribution in [2.75, 3.05) is 45.2 Å². The quantitative estimate of drug-likeness (QED) is 0.288. The van der Waals surface area contributed by atoms with E-state index in [-0.39, 0.29) is 28.3 Å². The van der Waals surface area contributed by atoms with Crippen LogP contribution in [-0.4, -0.2) is 59.9 Å². The van der Waals surface area contributed by atoms with Crippen molar-refractivity contribution in [3.8, 4) is 0 Å². The Balaban J connectivity index is 1.72. The van der Waals surface area contributed by atoms with Crippen LogP contribution in [0.2, 0.25) is 10.2 Å². The fourth-order valence-electron chi connectivity index (χ4n) is 2.88. The van der Waals surface area contributed by atoms with Gasteiger partial charge in [0.15, 0.2) is 28.3 Å². The molecule has 0 saturated heterocycles. The molecular formula is C20H27Cl2N6O2+. The molecule has 0 aliphatic heterocycles. The lowest BCUT2D eigenvalue weighted by atomic mass is 10.1. The number of amides is 1. The van der Waals surface area contributed by atoms with E-state index < -0.39 is 5.91 Å². The van der Waals surface area contributed by atoms with Crippen molar-refractivity contribution in [2.24, 2.45) is 0 Å².